The first-order valence-electron chi connectivity index (χ1n) is 4.53. The number of amides is 1. The van der Waals surface area contributed by atoms with E-state index in [0.717, 1.165) is 11.8 Å². The maximum Gasteiger partial charge on any atom is 0.217 e. The van der Waals surface area contributed by atoms with Gasteiger partial charge in [0.2, 0.25) is 5.91 Å². The van der Waals surface area contributed by atoms with Crippen LogP contribution in [0.3, 0.4) is 0 Å². The summed E-state index contributed by atoms with van der Waals surface area (Å²) in [5.74, 6) is 1.88. The van der Waals surface area contributed by atoms with Gasteiger partial charge in [0, 0.05) is 13.0 Å². The minimum Gasteiger partial charge on any atom is -0.353 e. The Balaban J connectivity index is 1.92. The molecule has 11 heavy (non-hydrogen) atoms. The Morgan fingerprint density at radius 1 is 1.36 bits per heavy atom. The van der Waals surface area contributed by atoms with Crippen LogP contribution in [0.1, 0.15) is 32.6 Å². The molecule has 2 aliphatic carbocycles. The lowest BCUT2D eigenvalue weighted by Crippen LogP contribution is -2.36. The first kappa shape index (κ1) is 7.14. The van der Waals surface area contributed by atoms with Crippen LogP contribution in [-0.4, -0.2) is 11.9 Å². The van der Waals surface area contributed by atoms with Gasteiger partial charge in [-0.1, -0.05) is 6.42 Å². The fourth-order valence-electron chi connectivity index (χ4n) is 2.68. The van der Waals surface area contributed by atoms with Crippen LogP contribution in [0, 0.1) is 11.8 Å². The van der Waals surface area contributed by atoms with Crippen LogP contribution >= 0.6 is 0 Å². The Morgan fingerprint density at radius 2 is 2.18 bits per heavy atom. The number of hydrogen-bond donors (Lipinski definition) is 1. The van der Waals surface area contributed by atoms with Crippen LogP contribution in [0.5, 0.6) is 0 Å². The highest BCUT2D eigenvalue weighted by Gasteiger charge is 2.39. The molecule has 0 radical (unpaired) electrons. The van der Waals surface area contributed by atoms with Gasteiger partial charge in [0.1, 0.15) is 0 Å². The molecule has 0 aromatic heterocycles. The number of carbonyl (C=O) groups excluding carboxylic acids is 1. The summed E-state index contributed by atoms with van der Waals surface area (Å²) < 4.78 is 0. The van der Waals surface area contributed by atoms with Gasteiger partial charge < -0.3 is 5.32 Å². The molecule has 62 valence electrons. The van der Waals surface area contributed by atoms with Crippen molar-refractivity contribution >= 4 is 5.91 Å². The Labute approximate surface area is 67.4 Å². The van der Waals surface area contributed by atoms with Crippen LogP contribution in [-0.2, 0) is 4.79 Å². The Hall–Kier alpha value is -0.530. The highest BCUT2D eigenvalue weighted by atomic mass is 16.1. The van der Waals surface area contributed by atoms with Crippen LogP contribution < -0.4 is 5.32 Å². The van der Waals surface area contributed by atoms with Crippen molar-refractivity contribution in [2.75, 3.05) is 0 Å². The van der Waals surface area contributed by atoms with Crippen molar-refractivity contribution in [1.29, 1.82) is 0 Å². The lowest BCUT2D eigenvalue weighted by atomic mass is 9.95. The molecule has 0 heterocycles. The van der Waals surface area contributed by atoms with Gasteiger partial charge in [0.15, 0.2) is 0 Å². The Kier molecular flexibility index (Phi) is 1.63. The average molecular weight is 153 g/mol. The van der Waals surface area contributed by atoms with Gasteiger partial charge in [-0.2, -0.15) is 0 Å². The quantitative estimate of drug-likeness (QED) is 0.604. The van der Waals surface area contributed by atoms with E-state index in [1.54, 1.807) is 6.92 Å². The van der Waals surface area contributed by atoms with Crippen LogP contribution in [0.15, 0.2) is 0 Å². The molecule has 2 heteroatoms. The summed E-state index contributed by atoms with van der Waals surface area (Å²) in [6.45, 7) is 1.62. The van der Waals surface area contributed by atoms with E-state index in [2.05, 4.69) is 5.32 Å². The van der Waals surface area contributed by atoms with Crippen molar-refractivity contribution in [2.45, 2.75) is 38.6 Å². The summed E-state index contributed by atoms with van der Waals surface area (Å²) in [6, 6.07) is 0.520. The third-order valence-corrected chi connectivity index (χ3v) is 3.13. The van der Waals surface area contributed by atoms with Gasteiger partial charge in [-0.05, 0) is 31.1 Å². The zero-order valence-corrected chi connectivity index (χ0v) is 6.97. The minimum absolute atomic E-state index is 0.141. The summed E-state index contributed by atoms with van der Waals surface area (Å²) >= 11 is 0. The molecule has 0 aromatic rings. The standard InChI is InChI=1S/C9H15NO/c1-6(11)10-9-5-7-2-3-8(9)4-7/h7-9H,2-5H2,1H3,(H,10,11)/t7-,8+,9?/m0/s1. The summed E-state index contributed by atoms with van der Waals surface area (Å²) in [7, 11) is 0. The molecule has 2 aliphatic rings. The molecule has 2 nitrogen and oxygen atoms in total. The number of fused-ring (bicyclic) bond motifs is 2. The van der Waals surface area contributed by atoms with Crippen LogP contribution in [0.2, 0.25) is 0 Å². The average Bonchev–Trinajstić information content (AvgIpc) is 2.45. The number of carbonyl (C=O) groups is 1. The van der Waals surface area contributed by atoms with E-state index in [9.17, 15) is 4.79 Å². The highest BCUT2D eigenvalue weighted by molar-refractivity contribution is 5.73. The third-order valence-electron chi connectivity index (χ3n) is 3.13. The van der Waals surface area contributed by atoms with Crippen molar-refractivity contribution in [3.8, 4) is 0 Å². The maximum atomic E-state index is 10.8. The fourth-order valence-corrected chi connectivity index (χ4v) is 2.68. The zero-order valence-electron chi connectivity index (χ0n) is 6.97. The second kappa shape index (κ2) is 2.50. The van der Waals surface area contributed by atoms with E-state index in [-0.39, 0.29) is 5.91 Å². The predicted molar refractivity (Wildman–Crippen MR) is 43.1 cm³/mol. The molecular weight excluding hydrogens is 138 g/mol. The molecule has 1 unspecified atom stereocenters. The molecule has 2 rings (SSSR count). The lowest BCUT2D eigenvalue weighted by molar-refractivity contribution is -0.120. The van der Waals surface area contributed by atoms with Crippen molar-refractivity contribution in [3.63, 3.8) is 0 Å². The first-order chi connectivity index (χ1) is 5.25. The molecule has 1 N–H and O–H groups in total. The Bertz CT molecular complexity index is 178. The van der Waals surface area contributed by atoms with Gasteiger partial charge >= 0.3 is 0 Å². The molecule has 2 saturated carbocycles. The molecule has 1 amide bonds. The van der Waals surface area contributed by atoms with Crippen molar-refractivity contribution in [2.24, 2.45) is 11.8 Å². The minimum atomic E-state index is 0.141. The van der Waals surface area contributed by atoms with Gasteiger partial charge in [0.05, 0.1) is 0 Å². The monoisotopic (exact) mass is 153 g/mol. The van der Waals surface area contributed by atoms with E-state index in [1.807, 2.05) is 0 Å². The molecule has 0 saturated heterocycles. The smallest absolute Gasteiger partial charge is 0.217 e. The van der Waals surface area contributed by atoms with E-state index >= 15 is 0 Å². The number of hydrogen-bond acceptors (Lipinski definition) is 1. The van der Waals surface area contributed by atoms with Crippen LogP contribution in [0.4, 0.5) is 0 Å². The normalized spacial score (nSPS) is 41.0. The molecular formula is C9H15NO. The largest absolute Gasteiger partial charge is 0.353 e. The maximum absolute atomic E-state index is 10.8. The van der Waals surface area contributed by atoms with Gasteiger partial charge in [-0.3, -0.25) is 4.79 Å². The topological polar surface area (TPSA) is 29.1 Å². The second-order valence-electron chi connectivity index (χ2n) is 3.98. The van der Waals surface area contributed by atoms with Gasteiger partial charge in [-0.15, -0.1) is 0 Å². The van der Waals surface area contributed by atoms with Crippen molar-refractivity contribution in [3.05, 3.63) is 0 Å². The van der Waals surface area contributed by atoms with E-state index < -0.39 is 0 Å². The summed E-state index contributed by atoms with van der Waals surface area (Å²) in [4.78, 5) is 10.8. The molecule has 2 bridgehead atoms. The number of nitrogens with one attached hydrogen (secondary N) is 1. The zero-order chi connectivity index (χ0) is 7.84. The summed E-state index contributed by atoms with van der Waals surface area (Å²) in [5.41, 5.74) is 0. The molecule has 3 atom stereocenters. The van der Waals surface area contributed by atoms with Crippen molar-refractivity contribution in [1.82, 2.24) is 5.32 Å². The lowest BCUT2D eigenvalue weighted by Gasteiger charge is -2.21. The number of rotatable bonds is 1. The fraction of sp³-hybridized carbons (Fsp3) is 0.889. The van der Waals surface area contributed by atoms with E-state index in [1.165, 1.54) is 25.7 Å². The van der Waals surface area contributed by atoms with Gasteiger partial charge in [-0.25, -0.2) is 0 Å². The van der Waals surface area contributed by atoms with Crippen LogP contribution in [0.25, 0.3) is 0 Å². The van der Waals surface area contributed by atoms with E-state index in [0.29, 0.717) is 6.04 Å². The third kappa shape index (κ3) is 1.26. The predicted octanol–water partition coefficient (Wildman–Crippen LogP) is 1.31. The SMILES string of the molecule is CC(=O)NC1C[C@H]2CC[C@@H]1C2. The highest BCUT2D eigenvalue weighted by Crippen LogP contribution is 2.44. The molecule has 0 aliphatic heterocycles. The van der Waals surface area contributed by atoms with E-state index in [4.69, 9.17) is 0 Å². The molecule has 0 aromatic carbocycles. The molecule has 0 spiro atoms. The van der Waals surface area contributed by atoms with Crippen molar-refractivity contribution < 1.29 is 4.79 Å². The first-order valence-corrected chi connectivity index (χ1v) is 4.53. The molecule has 2 fully saturated rings. The van der Waals surface area contributed by atoms with Gasteiger partial charge in [0.25, 0.3) is 0 Å². The second-order valence-corrected chi connectivity index (χ2v) is 3.98. The Morgan fingerprint density at radius 3 is 2.64 bits per heavy atom. The summed E-state index contributed by atoms with van der Waals surface area (Å²) in [6.07, 6.45) is 5.35. The summed E-state index contributed by atoms with van der Waals surface area (Å²) in [5, 5.41) is 3.03.